The number of fused-ring (bicyclic) bond motifs is 1. The zero-order valence-electron chi connectivity index (χ0n) is 11.0. The standard InChI is InChI=1S/C15H16O3/c1-9(2)5-12-6-13-10(3)7-17-15(13)11(4)14(12)18-8-16/h5-8H,1-4H3. The van der Waals surface area contributed by atoms with E-state index in [4.69, 9.17) is 9.15 Å². The number of hydrogen-bond acceptors (Lipinski definition) is 3. The maximum absolute atomic E-state index is 10.6. The van der Waals surface area contributed by atoms with Crippen LogP contribution in [0.4, 0.5) is 0 Å². The lowest BCUT2D eigenvalue weighted by atomic mass is 10.0. The number of benzene rings is 1. The monoisotopic (exact) mass is 244 g/mol. The molecule has 1 heterocycles. The van der Waals surface area contributed by atoms with Gasteiger partial charge in [0.05, 0.1) is 6.26 Å². The van der Waals surface area contributed by atoms with E-state index in [1.54, 1.807) is 6.26 Å². The number of rotatable bonds is 3. The largest absolute Gasteiger partial charge is 0.464 e. The van der Waals surface area contributed by atoms with Crippen LogP contribution in [0.3, 0.4) is 0 Å². The first-order valence-electron chi connectivity index (χ1n) is 5.81. The summed E-state index contributed by atoms with van der Waals surface area (Å²) in [6.45, 7) is 8.36. The van der Waals surface area contributed by atoms with Crippen molar-refractivity contribution in [2.45, 2.75) is 27.7 Å². The van der Waals surface area contributed by atoms with Gasteiger partial charge in [-0.15, -0.1) is 0 Å². The van der Waals surface area contributed by atoms with Crippen LogP contribution in [0.1, 0.15) is 30.5 Å². The van der Waals surface area contributed by atoms with E-state index in [0.717, 1.165) is 33.2 Å². The molecule has 0 aliphatic carbocycles. The Morgan fingerprint density at radius 1 is 1.33 bits per heavy atom. The maximum Gasteiger partial charge on any atom is 0.298 e. The van der Waals surface area contributed by atoms with Crippen molar-refractivity contribution in [1.29, 1.82) is 0 Å². The van der Waals surface area contributed by atoms with Crippen molar-refractivity contribution < 1.29 is 13.9 Å². The lowest BCUT2D eigenvalue weighted by Gasteiger charge is -2.09. The highest BCUT2D eigenvalue weighted by Gasteiger charge is 2.14. The molecule has 0 aliphatic rings. The third-order valence-corrected chi connectivity index (χ3v) is 2.88. The third kappa shape index (κ3) is 2.04. The van der Waals surface area contributed by atoms with Gasteiger partial charge in [-0.3, -0.25) is 4.79 Å². The zero-order valence-corrected chi connectivity index (χ0v) is 11.0. The van der Waals surface area contributed by atoms with Crippen molar-refractivity contribution in [2.24, 2.45) is 0 Å². The van der Waals surface area contributed by atoms with E-state index in [-0.39, 0.29) is 0 Å². The summed E-state index contributed by atoms with van der Waals surface area (Å²) in [6, 6.07) is 1.99. The number of aryl methyl sites for hydroxylation is 2. The van der Waals surface area contributed by atoms with Crippen LogP contribution in [-0.2, 0) is 4.79 Å². The van der Waals surface area contributed by atoms with Crippen molar-refractivity contribution >= 4 is 23.5 Å². The summed E-state index contributed by atoms with van der Waals surface area (Å²) in [5, 5.41) is 1.05. The molecule has 0 radical (unpaired) electrons. The van der Waals surface area contributed by atoms with Crippen molar-refractivity contribution in [2.75, 3.05) is 0 Å². The van der Waals surface area contributed by atoms with Gasteiger partial charge in [-0.25, -0.2) is 0 Å². The second kappa shape index (κ2) is 4.69. The Morgan fingerprint density at radius 2 is 2.06 bits per heavy atom. The minimum absolute atomic E-state index is 0.451. The third-order valence-electron chi connectivity index (χ3n) is 2.88. The summed E-state index contributed by atoms with van der Waals surface area (Å²) in [5.74, 6) is 0.563. The van der Waals surface area contributed by atoms with Gasteiger partial charge in [0.2, 0.25) is 0 Å². The number of carbonyl (C=O) groups excluding carboxylic acids is 1. The van der Waals surface area contributed by atoms with Crippen molar-refractivity contribution in [3.63, 3.8) is 0 Å². The van der Waals surface area contributed by atoms with Crippen LogP contribution < -0.4 is 4.74 Å². The molecule has 1 aromatic heterocycles. The van der Waals surface area contributed by atoms with E-state index in [2.05, 4.69) is 0 Å². The molecule has 0 saturated heterocycles. The molecule has 3 nitrogen and oxygen atoms in total. The summed E-state index contributed by atoms with van der Waals surface area (Å²) in [6.07, 6.45) is 3.71. The highest BCUT2D eigenvalue weighted by atomic mass is 16.5. The first-order valence-corrected chi connectivity index (χ1v) is 5.81. The fourth-order valence-corrected chi connectivity index (χ4v) is 2.09. The molecule has 0 unspecified atom stereocenters. The van der Waals surface area contributed by atoms with E-state index >= 15 is 0 Å². The van der Waals surface area contributed by atoms with Crippen LogP contribution in [0.5, 0.6) is 5.75 Å². The Bertz CT molecular complexity index is 629. The second-order valence-corrected chi connectivity index (χ2v) is 4.65. The lowest BCUT2D eigenvalue weighted by molar-refractivity contribution is -0.120. The van der Waals surface area contributed by atoms with Gasteiger partial charge in [-0.1, -0.05) is 11.6 Å². The molecule has 2 rings (SSSR count). The van der Waals surface area contributed by atoms with E-state index in [1.807, 2.05) is 39.8 Å². The topological polar surface area (TPSA) is 39.4 Å². The number of ether oxygens (including phenoxy) is 1. The molecule has 0 bridgehead atoms. The Balaban J connectivity index is 2.80. The summed E-state index contributed by atoms with van der Waals surface area (Å²) < 4.78 is 10.6. The SMILES string of the molecule is CC(C)=Cc1cc2c(C)coc2c(C)c1OC=O. The van der Waals surface area contributed by atoms with E-state index in [1.165, 1.54) is 0 Å². The van der Waals surface area contributed by atoms with E-state index in [0.29, 0.717) is 12.2 Å². The Morgan fingerprint density at radius 3 is 2.67 bits per heavy atom. The Labute approximate surface area is 106 Å². The number of furan rings is 1. The van der Waals surface area contributed by atoms with Crippen molar-refractivity contribution in [3.8, 4) is 5.75 Å². The predicted molar refractivity (Wildman–Crippen MR) is 71.7 cm³/mol. The molecular formula is C15H16O3. The molecule has 2 aromatic rings. The normalized spacial score (nSPS) is 10.4. The highest BCUT2D eigenvalue weighted by molar-refractivity contribution is 5.89. The van der Waals surface area contributed by atoms with Crippen LogP contribution in [-0.4, -0.2) is 6.47 Å². The van der Waals surface area contributed by atoms with Gasteiger partial charge < -0.3 is 9.15 Å². The van der Waals surface area contributed by atoms with Crippen LogP contribution in [0.25, 0.3) is 17.0 Å². The molecule has 0 N–H and O–H groups in total. The van der Waals surface area contributed by atoms with Crippen LogP contribution in [0, 0.1) is 13.8 Å². The Hall–Kier alpha value is -2.03. The molecular weight excluding hydrogens is 228 g/mol. The quantitative estimate of drug-likeness (QED) is 0.766. The van der Waals surface area contributed by atoms with Crippen molar-refractivity contribution in [1.82, 2.24) is 0 Å². The van der Waals surface area contributed by atoms with E-state index in [9.17, 15) is 4.79 Å². The summed E-state index contributed by atoms with van der Waals surface area (Å²) in [5.41, 5.74) is 4.74. The molecule has 0 fully saturated rings. The maximum atomic E-state index is 10.6. The smallest absolute Gasteiger partial charge is 0.298 e. The molecule has 0 amide bonds. The predicted octanol–water partition coefficient (Wildman–Crippen LogP) is 4.01. The average molecular weight is 244 g/mol. The molecule has 1 aromatic carbocycles. The molecule has 18 heavy (non-hydrogen) atoms. The summed E-state index contributed by atoms with van der Waals surface area (Å²) >= 11 is 0. The number of carbonyl (C=O) groups is 1. The van der Waals surface area contributed by atoms with Crippen molar-refractivity contribution in [3.05, 3.63) is 34.6 Å². The zero-order chi connectivity index (χ0) is 13.3. The van der Waals surface area contributed by atoms with Gasteiger partial charge in [-0.05, 0) is 39.3 Å². The number of allylic oxidation sites excluding steroid dienone is 1. The molecule has 0 spiro atoms. The molecule has 0 saturated carbocycles. The fourth-order valence-electron chi connectivity index (χ4n) is 2.09. The van der Waals surface area contributed by atoms with Gasteiger partial charge in [0, 0.05) is 16.5 Å². The first kappa shape index (κ1) is 12.4. The van der Waals surface area contributed by atoms with E-state index < -0.39 is 0 Å². The summed E-state index contributed by atoms with van der Waals surface area (Å²) in [4.78, 5) is 10.6. The van der Waals surface area contributed by atoms with Crippen LogP contribution in [0.15, 0.2) is 22.3 Å². The lowest BCUT2D eigenvalue weighted by Crippen LogP contribution is -1.95. The minimum Gasteiger partial charge on any atom is -0.464 e. The Kier molecular flexibility index (Phi) is 3.24. The number of hydrogen-bond donors (Lipinski definition) is 0. The van der Waals surface area contributed by atoms with Gasteiger partial charge in [0.25, 0.3) is 6.47 Å². The van der Waals surface area contributed by atoms with Gasteiger partial charge in [0.15, 0.2) is 0 Å². The molecule has 94 valence electrons. The molecule has 0 atom stereocenters. The minimum atomic E-state index is 0.451. The van der Waals surface area contributed by atoms with Gasteiger partial charge in [-0.2, -0.15) is 0 Å². The van der Waals surface area contributed by atoms with Crippen LogP contribution >= 0.6 is 0 Å². The average Bonchev–Trinajstić information content (AvgIpc) is 2.66. The van der Waals surface area contributed by atoms with Crippen LogP contribution in [0.2, 0.25) is 0 Å². The first-order chi connectivity index (χ1) is 8.54. The molecule has 3 heteroatoms. The molecule has 0 aliphatic heterocycles. The van der Waals surface area contributed by atoms with Gasteiger partial charge in [0.1, 0.15) is 11.3 Å². The highest BCUT2D eigenvalue weighted by Crippen LogP contribution is 2.35. The summed E-state index contributed by atoms with van der Waals surface area (Å²) in [7, 11) is 0. The second-order valence-electron chi connectivity index (χ2n) is 4.65. The van der Waals surface area contributed by atoms with Gasteiger partial charge >= 0.3 is 0 Å². The fraction of sp³-hybridized carbons (Fsp3) is 0.267.